The zero-order valence-corrected chi connectivity index (χ0v) is 8.67. The maximum atomic E-state index is 5.53. The van der Waals surface area contributed by atoms with Crippen molar-refractivity contribution < 1.29 is 4.74 Å². The number of hydrogen-bond acceptors (Lipinski definition) is 2. The fraction of sp³-hybridized carbons (Fsp3) is 0.750. The Hall–Kier alpha value is 0.180. The Morgan fingerprint density at radius 1 is 1.45 bits per heavy atom. The van der Waals surface area contributed by atoms with E-state index in [-0.39, 0.29) is 0 Å². The first kappa shape index (κ1) is 11.2. The van der Waals surface area contributed by atoms with Crippen LogP contribution in [0.15, 0.2) is 10.6 Å². The van der Waals surface area contributed by atoms with E-state index < -0.39 is 0 Å². The molecule has 0 saturated heterocycles. The highest BCUT2D eigenvalue weighted by molar-refractivity contribution is 8.02. The summed E-state index contributed by atoms with van der Waals surface area (Å²) < 4.78 is 5.33. The molecule has 0 atom stereocenters. The molecule has 11 heavy (non-hydrogen) atoms. The molecule has 0 unspecified atom stereocenters. The van der Waals surface area contributed by atoms with Crippen molar-refractivity contribution in [1.82, 2.24) is 0 Å². The Morgan fingerprint density at radius 3 is 2.64 bits per heavy atom. The van der Waals surface area contributed by atoms with E-state index in [1.165, 1.54) is 5.54 Å². The fourth-order valence-electron chi connectivity index (χ4n) is 0.510. The second-order valence-electron chi connectivity index (χ2n) is 2.13. The van der Waals surface area contributed by atoms with Crippen molar-refractivity contribution in [3.05, 3.63) is 10.6 Å². The van der Waals surface area contributed by atoms with Crippen LogP contribution in [-0.4, -0.2) is 12.4 Å². The van der Waals surface area contributed by atoms with Gasteiger partial charge < -0.3 is 4.74 Å². The van der Waals surface area contributed by atoms with Gasteiger partial charge in [-0.1, -0.05) is 37.2 Å². The van der Waals surface area contributed by atoms with Gasteiger partial charge in [0.1, 0.15) is 0 Å². The predicted molar refractivity (Wildman–Crippen MR) is 52.9 cm³/mol. The lowest BCUT2D eigenvalue weighted by Gasteiger charge is -2.06. The van der Waals surface area contributed by atoms with Gasteiger partial charge in [0, 0.05) is 5.75 Å². The Labute approximate surface area is 78.1 Å². The molecule has 0 aliphatic heterocycles. The molecule has 3 heteroatoms. The third-order valence-corrected chi connectivity index (χ3v) is 2.45. The second kappa shape index (κ2) is 8.28. The van der Waals surface area contributed by atoms with Gasteiger partial charge in [-0.15, -0.1) is 0 Å². The molecule has 0 N–H and O–H groups in total. The van der Waals surface area contributed by atoms with Crippen LogP contribution in [0.4, 0.5) is 0 Å². The first-order valence-electron chi connectivity index (χ1n) is 3.91. The Kier molecular flexibility index (Phi) is 8.41. The maximum Gasteiger partial charge on any atom is 0.164 e. The van der Waals surface area contributed by atoms with E-state index in [9.17, 15) is 0 Å². The lowest BCUT2D eigenvalue weighted by molar-refractivity contribution is 0.240. The Balaban J connectivity index is 3.43. The van der Waals surface area contributed by atoms with Gasteiger partial charge in [-0.25, -0.2) is 0 Å². The highest BCUT2D eigenvalue weighted by Gasteiger charge is 1.95. The van der Waals surface area contributed by atoms with E-state index in [4.69, 9.17) is 16.3 Å². The minimum Gasteiger partial charge on any atom is -0.486 e. The van der Waals surface area contributed by atoms with Gasteiger partial charge in [-0.05, 0) is 12.8 Å². The summed E-state index contributed by atoms with van der Waals surface area (Å²) in [5.41, 5.74) is 1.51. The SMILES string of the molecule is CCCO/C(=C\Cl)SCCC. The molecule has 0 aromatic rings. The smallest absolute Gasteiger partial charge is 0.164 e. The molecular weight excluding hydrogens is 180 g/mol. The summed E-state index contributed by atoms with van der Waals surface area (Å²) in [5, 5.41) is 0.843. The molecule has 0 aromatic carbocycles. The van der Waals surface area contributed by atoms with E-state index in [2.05, 4.69) is 13.8 Å². The third-order valence-electron chi connectivity index (χ3n) is 0.986. The summed E-state index contributed by atoms with van der Waals surface area (Å²) in [6.45, 7) is 4.98. The molecule has 0 aromatic heterocycles. The summed E-state index contributed by atoms with van der Waals surface area (Å²) in [7, 11) is 0. The van der Waals surface area contributed by atoms with Crippen LogP contribution in [-0.2, 0) is 4.74 Å². The van der Waals surface area contributed by atoms with Crippen LogP contribution >= 0.6 is 23.4 Å². The predicted octanol–water partition coefficient (Wildman–Crippen LogP) is 3.59. The summed E-state index contributed by atoms with van der Waals surface area (Å²) in [6.07, 6.45) is 2.18. The van der Waals surface area contributed by atoms with Gasteiger partial charge in [0.05, 0.1) is 12.1 Å². The van der Waals surface area contributed by atoms with E-state index in [1.807, 2.05) is 0 Å². The van der Waals surface area contributed by atoms with Crippen LogP contribution in [0.1, 0.15) is 26.7 Å². The highest BCUT2D eigenvalue weighted by atomic mass is 35.5. The summed E-state index contributed by atoms with van der Waals surface area (Å²) in [5.74, 6) is 1.07. The van der Waals surface area contributed by atoms with Gasteiger partial charge in [0.2, 0.25) is 0 Å². The molecule has 66 valence electrons. The average molecular weight is 195 g/mol. The number of thioether (sulfide) groups is 1. The number of ether oxygens (including phenoxy) is 1. The van der Waals surface area contributed by atoms with E-state index >= 15 is 0 Å². The third kappa shape index (κ3) is 6.57. The molecular formula is C8H15ClOS. The Bertz CT molecular complexity index is 105. The van der Waals surface area contributed by atoms with Gasteiger partial charge >= 0.3 is 0 Å². The van der Waals surface area contributed by atoms with Crippen LogP contribution < -0.4 is 0 Å². The molecule has 0 spiro atoms. The van der Waals surface area contributed by atoms with Gasteiger partial charge in [0.15, 0.2) is 5.09 Å². The van der Waals surface area contributed by atoms with Crippen LogP contribution in [0.3, 0.4) is 0 Å². The van der Waals surface area contributed by atoms with Crippen LogP contribution in [0.5, 0.6) is 0 Å². The van der Waals surface area contributed by atoms with Gasteiger partial charge in [-0.3, -0.25) is 0 Å². The van der Waals surface area contributed by atoms with E-state index in [1.54, 1.807) is 11.8 Å². The Morgan fingerprint density at radius 2 is 2.18 bits per heavy atom. The van der Waals surface area contributed by atoms with Gasteiger partial charge in [0.25, 0.3) is 0 Å². The van der Waals surface area contributed by atoms with Crippen LogP contribution in [0.25, 0.3) is 0 Å². The largest absolute Gasteiger partial charge is 0.486 e. The van der Waals surface area contributed by atoms with Crippen molar-refractivity contribution in [2.75, 3.05) is 12.4 Å². The highest BCUT2D eigenvalue weighted by Crippen LogP contribution is 2.18. The summed E-state index contributed by atoms with van der Waals surface area (Å²) in [4.78, 5) is 0. The standard InChI is InChI=1S/C8H15ClOS/c1-3-5-10-8(7-9)11-6-4-2/h7H,3-6H2,1-2H3/b8-7+. The van der Waals surface area contributed by atoms with Crippen molar-refractivity contribution in [3.63, 3.8) is 0 Å². The lowest BCUT2D eigenvalue weighted by Crippen LogP contribution is -1.90. The quantitative estimate of drug-likeness (QED) is 0.598. The molecule has 0 fully saturated rings. The minimum atomic E-state index is 0.759. The molecule has 0 bridgehead atoms. The first-order valence-corrected chi connectivity index (χ1v) is 5.33. The molecule has 0 rings (SSSR count). The number of halogens is 1. The van der Waals surface area contributed by atoms with Crippen LogP contribution in [0.2, 0.25) is 0 Å². The van der Waals surface area contributed by atoms with Crippen molar-refractivity contribution in [2.45, 2.75) is 26.7 Å². The minimum absolute atomic E-state index is 0.759. The monoisotopic (exact) mass is 194 g/mol. The zero-order chi connectivity index (χ0) is 8.53. The van der Waals surface area contributed by atoms with Crippen LogP contribution in [0, 0.1) is 0 Å². The topological polar surface area (TPSA) is 9.23 Å². The van der Waals surface area contributed by atoms with Crippen molar-refractivity contribution in [1.29, 1.82) is 0 Å². The first-order chi connectivity index (χ1) is 5.35. The molecule has 0 amide bonds. The molecule has 0 saturated carbocycles. The number of hydrogen-bond donors (Lipinski definition) is 0. The van der Waals surface area contributed by atoms with Crippen molar-refractivity contribution in [2.24, 2.45) is 0 Å². The summed E-state index contributed by atoms with van der Waals surface area (Å²) >= 11 is 7.20. The average Bonchev–Trinajstić information content (AvgIpc) is 2.05. The molecule has 0 aliphatic rings. The molecule has 0 heterocycles. The maximum absolute atomic E-state index is 5.53. The van der Waals surface area contributed by atoms with E-state index in [0.717, 1.165) is 30.3 Å². The normalized spacial score (nSPS) is 11.7. The van der Waals surface area contributed by atoms with Crippen molar-refractivity contribution >= 4 is 23.4 Å². The van der Waals surface area contributed by atoms with Crippen molar-refractivity contribution in [3.8, 4) is 0 Å². The molecule has 0 radical (unpaired) electrons. The summed E-state index contributed by atoms with van der Waals surface area (Å²) in [6, 6.07) is 0. The molecule has 0 aliphatic carbocycles. The molecule has 1 nitrogen and oxygen atoms in total. The number of rotatable bonds is 6. The van der Waals surface area contributed by atoms with Gasteiger partial charge in [-0.2, -0.15) is 0 Å². The fourth-order valence-corrected chi connectivity index (χ4v) is 1.40. The zero-order valence-electron chi connectivity index (χ0n) is 7.10. The van der Waals surface area contributed by atoms with E-state index in [0.29, 0.717) is 0 Å². The lowest BCUT2D eigenvalue weighted by atomic mass is 10.5. The second-order valence-corrected chi connectivity index (χ2v) is 3.44.